The normalized spacial score (nSPS) is 22.0. The Morgan fingerprint density at radius 3 is 2.50 bits per heavy atom. The monoisotopic (exact) mass is 343 g/mol. The molecule has 1 N–H and O–H groups in total. The number of benzene rings is 1. The molecule has 0 radical (unpaired) electrons. The van der Waals surface area contributed by atoms with E-state index < -0.39 is 15.7 Å². The van der Waals surface area contributed by atoms with Crippen molar-refractivity contribution in [2.75, 3.05) is 13.2 Å². The molecule has 4 nitrogen and oxygen atoms in total. The molecule has 0 spiro atoms. The quantitative estimate of drug-likeness (QED) is 0.470. The summed E-state index contributed by atoms with van der Waals surface area (Å²) in [5.41, 5.74) is 0.328. The lowest BCUT2D eigenvalue weighted by Crippen LogP contribution is -2.32. The molecule has 6 heteroatoms. The predicted octanol–water partition coefficient (Wildman–Crippen LogP) is 2.86. The Hall–Kier alpha value is -1.26. The van der Waals surface area contributed by atoms with Gasteiger partial charge >= 0.3 is 5.97 Å². The van der Waals surface area contributed by atoms with Gasteiger partial charge in [-0.3, -0.25) is 9.59 Å². The lowest BCUT2D eigenvalue weighted by molar-refractivity contribution is -0.153. The van der Waals surface area contributed by atoms with E-state index in [1.807, 2.05) is 30.3 Å². The van der Waals surface area contributed by atoms with Gasteiger partial charge in [-0.2, -0.15) is 0 Å². The van der Waals surface area contributed by atoms with Crippen molar-refractivity contribution in [3.05, 3.63) is 35.9 Å². The molecule has 1 aliphatic rings. The second-order valence-electron chi connectivity index (χ2n) is 5.73. The first-order valence-electron chi connectivity index (χ1n) is 7.21. The fourth-order valence-electron chi connectivity index (χ4n) is 2.13. The number of ether oxygens (including phenoxy) is 1. The van der Waals surface area contributed by atoms with Crippen molar-refractivity contribution in [3.63, 3.8) is 0 Å². The summed E-state index contributed by atoms with van der Waals surface area (Å²) in [6, 6.07) is 10.0. The minimum absolute atomic E-state index is 0.302. The van der Waals surface area contributed by atoms with Gasteiger partial charge in [-0.25, -0.2) is 0 Å². The SMILES string of the molecule is CC1(C(=O)OCC(=O)NCCCc2ccccc2)CC1(Cl)Cl. The van der Waals surface area contributed by atoms with Crippen molar-refractivity contribution in [3.8, 4) is 0 Å². The minimum atomic E-state index is -1.07. The van der Waals surface area contributed by atoms with E-state index in [0.29, 0.717) is 13.0 Å². The van der Waals surface area contributed by atoms with Crippen LogP contribution in [0.15, 0.2) is 30.3 Å². The van der Waals surface area contributed by atoms with Crippen LogP contribution >= 0.6 is 23.2 Å². The number of nitrogens with one attached hydrogen (secondary N) is 1. The van der Waals surface area contributed by atoms with Crippen molar-refractivity contribution in [2.45, 2.75) is 30.5 Å². The molecule has 0 bridgehead atoms. The van der Waals surface area contributed by atoms with Crippen LogP contribution in [0.25, 0.3) is 0 Å². The summed E-state index contributed by atoms with van der Waals surface area (Å²) in [7, 11) is 0. The van der Waals surface area contributed by atoms with Crippen LogP contribution in [0.4, 0.5) is 0 Å². The molecule has 1 aromatic rings. The second-order valence-corrected chi connectivity index (χ2v) is 7.21. The number of esters is 1. The zero-order valence-electron chi connectivity index (χ0n) is 12.4. The number of amides is 1. The number of alkyl halides is 2. The highest BCUT2D eigenvalue weighted by Crippen LogP contribution is 2.64. The van der Waals surface area contributed by atoms with Crippen molar-refractivity contribution >= 4 is 35.1 Å². The van der Waals surface area contributed by atoms with Gasteiger partial charge in [0.1, 0.15) is 9.75 Å². The summed E-state index contributed by atoms with van der Waals surface area (Å²) < 4.78 is 3.89. The molecule has 1 atom stereocenters. The topological polar surface area (TPSA) is 55.4 Å². The summed E-state index contributed by atoms with van der Waals surface area (Å²) in [6.07, 6.45) is 2.06. The van der Waals surface area contributed by atoms with Crippen LogP contribution in [0, 0.1) is 5.41 Å². The van der Waals surface area contributed by atoms with Crippen molar-refractivity contribution in [1.82, 2.24) is 5.32 Å². The van der Waals surface area contributed by atoms with Crippen LogP contribution in [0.3, 0.4) is 0 Å². The number of carbonyl (C=O) groups is 2. The fraction of sp³-hybridized carbons (Fsp3) is 0.500. The van der Waals surface area contributed by atoms with E-state index >= 15 is 0 Å². The summed E-state index contributed by atoms with van der Waals surface area (Å²) in [4.78, 5) is 23.4. The minimum Gasteiger partial charge on any atom is -0.455 e. The van der Waals surface area contributed by atoms with E-state index in [1.54, 1.807) is 6.92 Å². The Bertz CT molecular complexity index is 548. The Kier molecular flexibility index (Phi) is 5.35. The maximum atomic E-state index is 11.8. The standard InChI is InChI=1S/C16H19Cl2NO3/c1-15(11-16(15,17)18)14(21)22-10-13(20)19-9-5-8-12-6-3-2-4-7-12/h2-4,6-7H,5,8-11H2,1H3,(H,19,20). The van der Waals surface area contributed by atoms with Crippen LogP contribution in [0.5, 0.6) is 0 Å². The zero-order chi connectivity index (χ0) is 16.2. The van der Waals surface area contributed by atoms with Gasteiger partial charge in [-0.15, -0.1) is 23.2 Å². The van der Waals surface area contributed by atoms with Gasteiger partial charge in [0.15, 0.2) is 6.61 Å². The fourth-order valence-corrected chi connectivity index (χ4v) is 2.82. The van der Waals surface area contributed by atoms with Crippen molar-refractivity contribution in [1.29, 1.82) is 0 Å². The highest BCUT2D eigenvalue weighted by Gasteiger charge is 2.69. The summed E-state index contributed by atoms with van der Waals surface area (Å²) >= 11 is 11.8. The van der Waals surface area contributed by atoms with Gasteiger partial charge in [-0.1, -0.05) is 30.3 Å². The predicted molar refractivity (Wildman–Crippen MR) is 85.9 cm³/mol. The van der Waals surface area contributed by atoms with Crippen LogP contribution < -0.4 is 5.32 Å². The van der Waals surface area contributed by atoms with Crippen LogP contribution in [0.2, 0.25) is 0 Å². The van der Waals surface area contributed by atoms with E-state index in [2.05, 4.69) is 5.32 Å². The number of hydrogen-bond donors (Lipinski definition) is 1. The first-order chi connectivity index (χ1) is 10.3. The number of rotatable bonds is 7. The second kappa shape index (κ2) is 6.88. The Morgan fingerprint density at radius 2 is 1.91 bits per heavy atom. The van der Waals surface area contributed by atoms with E-state index in [-0.39, 0.29) is 12.5 Å². The third-order valence-corrected chi connectivity index (χ3v) is 4.95. The zero-order valence-corrected chi connectivity index (χ0v) is 13.9. The van der Waals surface area contributed by atoms with Crippen molar-refractivity contribution < 1.29 is 14.3 Å². The summed E-state index contributed by atoms with van der Waals surface area (Å²) in [5, 5.41) is 2.72. The average Bonchev–Trinajstić information content (AvgIpc) is 3.02. The molecule has 0 aromatic heterocycles. The van der Waals surface area contributed by atoms with E-state index in [9.17, 15) is 9.59 Å². The van der Waals surface area contributed by atoms with Gasteiger partial charge in [0.25, 0.3) is 5.91 Å². The Labute approximate surface area is 140 Å². The average molecular weight is 344 g/mol. The van der Waals surface area contributed by atoms with Crippen LogP contribution in [-0.2, 0) is 20.7 Å². The molecule has 0 heterocycles. The summed E-state index contributed by atoms with van der Waals surface area (Å²) in [6.45, 7) is 1.87. The number of halogens is 2. The maximum Gasteiger partial charge on any atom is 0.315 e. The number of aryl methyl sites for hydroxylation is 1. The molecule has 1 unspecified atom stereocenters. The van der Waals surface area contributed by atoms with Gasteiger partial charge in [0, 0.05) is 13.0 Å². The first kappa shape index (κ1) is 17.1. The Morgan fingerprint density at radius 1 is 1.27 bits per heavy atom. The number of carbonyl (C=O) groups excluding carboxylic acids is 2. The molecule has 0 saturated heterocycles. The molecule has 1 fully saturated rings. The van der Waals surface area contributed by atoms with Gasteiger partial charge < -0.3 is 10.1 Å². The first-order valence-corrected chi connectivity index (χ1v) is 7.96. The molecule has 22 heavy (non-hydrogen) atoms. The maximum absolute atomic E-state index is 11.8. The highest BCUT2D eigenvalue weighted by atomic mass is 35.5. The summed E-state index contributed by atoms with van der Waals surface area (Å²) in [5.74, 6) is -0.850. The van der Waals surface area contributed by atoms with E-state index in [4.69, 9.17) is 27.9 Å². The van der Waals surface area contributed by atoms with Gasteiger partial charge in [0.2, 0.25) is 0 Å². The van der Waals surface area contributed by atoms with Gasteiger partial charge in [0.05, 0.1) is 0 Å². The van der Waals surface area contributed by atoms with Crippen LogP contribution in [-0.4, -0.2) is 29.4 Å². The molecular formula is C16H19Cl2NO3. The molecular weight excluding hydrogens is 325 g/mol. The van der Waals surface area contributed by atoms with E-state index in [0.717, 1.165) is 12.8 Å². The molecule has 1 aliphatic carbocycles. The molecule has 120 valence electrons. The van der Waals surface area contributed by atoms with Crippen LogP contribution in [0.1, 0.15) is 25.3 Å². The lowest BCUT2D eigenvalue weighted by Gasteiger charge is -2.11. The molecule has 1 aromatic carbocycles. The van der Waals surface area contributed by atoms with Crippen molar-refractivity contribution in [2.24, 2.45) is 5.41 Å². The molecule has 1 amide bonds. The van der Waals surface area contributed by atoms with Gasteiger partial charge in [-0.05, 0) is 25.3 Å². The smallest absolute Gasteiger partial charge is 0.315 e. The molecule has 0 aliphatic heterocycles. The number of hydrogen-bond acceptors (Lipinski definition) is 3. The lowest BCUT2D eigenvalue weighted by atomic mass is 10.1. The third kappa shape index (κ3) is 4.14. The van der Waals surface area contributed by atoms with E-state index in [1.165, 1.54) is 5.56 Å². The highest BCUT2D eigenvalue weighted by molar-refractivity contribution is 6.53. The molecule has 1 saturated carbocycles. The largest absolute Gasteiger partial charge is 0.455 e. The third-order valence-electron chi connectivity index (χ3n) is 3.85. The molecule has 2 rings (SSSR count). The Balaban J connectivity index is 1.60.